The number of nitrogens with zero attached hydrogens (tertiary/aromatic N) is 3. The van der Waals surface area contributed by atoms with Crippen molar-refractivity contribution in [1.82, 2.24) is 20.1 Å². The van der Waals surface area contributed by atoms with Crippen molar-refractivity contribution in [3.63, 3.8) is 0 Å². The maximum atomic E-state index is 14.2. The summed E-state index contributed by atoms with van der Waals surface area (Å²) in [7, 11) is 3.25. The number of piperidine rings is 1. The van der Waals surface area contributed by atoms with Gasteiger partial charge < -0.3 is 20.1 Å². The zero-order valence-corrected chi connectivity index (χ0v) is 25.5. The highest BCUT2D eigenvalue weighted by atomic mass is 32.1. The number of aromatic nitrogens is 1. The van der Waals surface area contributed by atoms with Crippen LogP contribution in [0.25, 0.3) is 0 Å². The summed E-state index contributed by atoms with van der Waals surface area (Å²) < 4.78 is 4.74. The minimum Gasteiger partial charge on any atom is -0.464 e. The Hall–Kier alpha value is -2.30. The molecule has 1 aromatic rings. The molecule has 1 fully saturated rings. The number of hydrogen-bond acceptors (Lipinski definition) is 8. The molecule has 1 aliphatic heterocycles. The highest BCUT2D eigenvalue weighted by Crippen LogP contribution is 2.29. The third-order valence-corrected chi connectivity index (χ3v) is 8.62. The number of allylic oxidation sites excluding steroid dienone is 1. The largest absolute Gasteiger partial charge is 0.464 e. The van der Waals surface area contributed by atoms with E-state index in [0.717, 1.165) is 38.6 Å². The van der Waals surface area contributed by atoms with Gasteiger partial charge in [-0.05, 0) is 44.7 Å². The van der Waals surface area contributed by atoms with Crippen LogP contribution in [0, 0.1) is 11.8 Å². The lowest BCUT2D eigenvalue weighted by Gasteiger charge is -2.39. The van der Waals surface area contributed by atoms with E-state index in [1.165, 1.54) is 18.4 Å². The van der Waals surface area contributed by atoms with Gasteiger partial charge in [-0.3, -0.25) is 14.5 Å². The minimum absolute atomic E-state index is 0.0245. The number of methoxy groups -OCH3 is 1. The second-order valence-electron chi connectivity index (χ2n) is 10.9. The number of aliphatic hydroxyl groups is 1. The van der Waals surface area contributed by atoms with E-state index in [9.17, 15) is 19.5 Å². The molecule has 1 unspecified atom stereocenters. The summed E-state index contributed by atoms with van der Waals surface area (Å²) in [5.74, 6) is -0.831. The Morgan fingerprint density at radius 1 is 1.26 bits per heavy atom. The highest BCUT2D eigenvalue weighted by molar-refractivity contribution is 7.09. The quantitative estimate of drug-likeness (QED) is 0.257. The fourth-order valence-corrected chi connectivity index (χ4v) is 5.77. The number of likely N-dealkylation sites (tertiary alicyclic amines) is 1. The lowest BCUT2D eigenvalue weighted by molar-refractivity contribution is -0.142. The van der Waals surface area contributed by atoms with Gasteiger partial charge in [0.1, 0.15) is 17.2 Å². The molecule has 2 amide bonds. The van der Waals surface area contributed by atoms with Crippen LogP contribution < -0.4 is 5.32 Å². The first-order valence-electron chi connectivity index (χ1n) is 14.2. The average molecular weight is 565 g/mol. The molecular weight excluding hydrogens is 516 g/mol. The monoisotopic (exact) mass is 564 g/mol. The minimum atomic E-state index is -0.959. The molecule has 0 bridgehead atoms. The van der Waals surface area contributed by atoms with Gasteiger partial charge in [-0.25, -0.2) is 9.78 Å². The lowest BCUT2D eigenvalue weighted by Crippen LogP contribution is -2.58. The van der Waals surface area contributed by atoms with Crippen molar-refractivity contribution in [2.24, 2.45) is 11.8 Å². The molecule has 0 saturated carbocycles. The first-order valence-corrected chi connectivity index (χ1v) is 15.1. The molecule has 10 heteroatoms. The van der Waals surface area contributed by atoms with E-state index in [4.69, 9.17) is 4.74 Å². The number of thiazole rings is 1. The summed E-state index contributed by atoms with van der Waals surface area (Å²) in [6, 6.07) is -1.22. The molecule has 9 nitrogen and oxygen atoms in total. The molecule has 39 heavy (non-hydrogen) atoms. The van der Waals surface area contributed by atoms with Crippen molar-refractivity contribution in [3.8, 4) is 0 Å². The molecule has 1 saturated heterocycles. The smallest absolute Gasteiger partial charge is 0.357 e. The Kier molecular flexibility index (Phi) is 13.6. The van der Waals surface area contributed by atoms with Gasteiger partial charge in [0.05, 0.1) is 13.2 Å². The molecular formula is C29H48N4O5S. The number of likely N-dealkylation sites (N-methyl/N-ethyl adjacent to an activating group) is 1. The zero-order chi connectivity index (χ0) is 29.1. The topological polar surface area (TPSA) is 112 Å². The highest BCUT2D eigenvalue weighted by Gasteiger charge is 2.37. The molecule has 0 spiro atoms. The van der Waals surface area contributed by atoms with Crippen LogP contribution in [-0.4, -0.2) is 83.0 Å². The molecule has 2 heterocycles. The second kappa shape index (κ2) is 16.1. The Morgan fingerprint density at radius 3 is 2.56 bits per heavy atom. The fraction of sp³-hybridized carbons (Fsp3) is 0.724. The molecule has 0 aliphatic carbocycles. The molecule has 1 aromatic heterocycles. The van der Waals surface area contributed by atoms with E-state index in [1.807, 2.05) is 53.8 Å². The van der Waals surface area contributed by atoms with Crippen LogP contribution >= 0.6 is 11.3 Å². The third kappa shape index (κ3) is 9.11. The number of aliphatic hydroxyl groups excluding tert-OH is 1. The van der Waals surface area contributed by atoms with Crippen LogP contribution in [0.1, 0.15) is 94.7 Å². The van der Waals surface area contributed by atoms with Crippen molar-refractivity contribution >= 4 is 29.1 Å². The van der Waals surface area contributed by atoms with E-state index < -0.39 is 18.1 Å². The van der Waals surface area contributed by atoms with Crippen LogP contribution in [0.5, 0.6) is 0 Å². The third-order valence-electron chi connectivity index (χ3n) is 7.67. The number of nitrogens with one attached hydrogen (secondary N) is 1. The maximum Gasteiger partial charge on any atom is 0.357 e. The van der Waals surface area contributed by atoms with E-state index in [1.54, 1.807) is 10.3 Å². The predicted octanol–water partition coefficient (Wildman–Crippen LogP) is 4.19. The SMILES string of the molecule is CC/C=C/CN(C(=O)[C@@H](NC(=O)[C@H]1CCCCN1C)C(C)CC)[C@H](C[C@@H](O)c1nc(C(=O)OC)cs1)C(C)C. The van der Waals surface area contributed by atoms with Gasteiger partial charge in [-0.1, -0.05) is 59.6 Å². The van der Waals surface area contributed by atoms with Crippen LogP contribution in [0.4, 0.5) is 0 Å². The first-order chi connectivity index (χ1) is 18.5. The van der Waals surface area contributed by atoms with Gasteiger partial charge >= 0.3 is 5.97 Å². The Labute approximate surface area is 238 Å². The summed E-state index contributed by atoms with van der Waals surface area (Å²) >= 11 is 1.19. The number of ether oxygens (including phenoxy) is 1. The molecule has 2 N–H and O–H groups in total. The van der Waals surface area contributed by atoms with Gasteiger partial charge in [0.25, 0.3) is 0 Å². The molecule has 0 aromatic carbocycles. The van der Waals surface area contributed by atoms with Gasteiger partial charge in [0.2, 0.25) is 11.8 Å². The average Bonchev–Trinajstić information content (AvgIpc) is 3.42. The second-order valence-corrected chi connectivity index (χ2v) is 11.7. The predicted molar refractivity (Wildman–Crippen MR) is 154 cm³/mol. The number of carbonyl (C=O) groups excluding carboxylic acids is 3. The van der Waals surface area contributed by atoms with Crippen LogP contribution in [-0.2, 0) is 14.3 Å². The molecule has 5 atom stereocenters. The Balaban J connectivity index is 2.34. The standard InChI is InChI=1S/C29H48N4O5S/c1-8-10-12-16-33(23(19(3)4)17-24(34)27-30-21(18-39-27)29(37)38-7)28(36)25(20(5)9-2)31-26(35)22-14-11-13-15-32(22)6/h10,12,18-20,22-25,34H,8-9,11,13-17H2,1-7H3,(H,31,35)/b12-10+/t20?,22-,23-,24-,25+/m1/s1. The van der Waals surface area contributed by atoms with E-state index in [0.29, 0.717) is 11.6 Å². The Morgan fingerprint density at radius 2 is 1.97 bits per heavy atom. The van der Waals surface area contributed by atoms with Crippen molar-refractivity contribution in [2.75, 3.05) is 27.2 Å². The number of rotatable bonds is 14. The maximum absolute atomic E-state index is 14.2. The van der Waals surface area contributed by atoms with Crippen molar-refractivity contribution in [1.29, 1.82) is 0 Å². The number of hydrogen-bond donors (Lipinski definition) is 2. The van der Waals surface area contributed by atoms with Gasteiger partial charge in [-0.2, -0.15) is 0 Å². The van der Waals surface area contributed by atoms with Crippen LogP contribution in [0.3, 0.4) is 0 Å². The number of amides is 2. The van der Waals surface area contributed by atoms with Crippen molar-refractivity contribution in [2.45, 2.75) is 97.4 Å². The van der Waals surface area contributed by atoms with Gasteiger partial charge in [0.15, 0.2) is 5.69 Å². The van der Waals surface area contributed by atoms with Crippen molar-refractivity contribution in [3.05, 3.63) is 28.2 Å². The zero-order valence-electron chi connectivity index (χ0n) is 24.7. The molecule has 2 rings (SSSR count). The normalized spacial score (nSPS) is 19.5. The summed E-state index contributed by atoms with van der Waals surface area (Å²) in [5.41, 5.74) is 0.156. The Bertz CT molecular complexity index is 965. The molecule has 0 radical (unpaired) electrons. The van der Waals surface area contributed by atoms with E-state index >= 15 is 0 Å². The van der Waals surface area contributed by atoms with Gasteiger partial charge in [0, 0.05) is 24.4 Å². The fourth-order valence-electron chi connectivity index (χ4n) is 4.99. The van der Waals surface area contributed by atoms with Gasteiger partial charge in [-0.15, -0.1) is 11.3 Å². The van der Waals surface area contributed by atoms with Crippen LogP contribution in [0.2, 0.25) is 0 Å². The van der Waals surface area contributed by atoms with Crippen LogP contribution in [0.15, 0.2) is 17.5 Å². The lowest BCUT2D eigenvalue weighted by atomic mass is 9.92. The summed E-state index contributed by atoms with van der Waals surface area (Å²) in [6.07, 6.45) is 7.72. The molecule has 220 valence electrons. The van der Waals surface area contributed by atoms with E-state index in [-0.39, 0.29) is 47.8 Å². The number of esters is 1. The summed E-state index contributed by atoms with van der Waals surface area (Å²) in [5, 5.41) is 16.2. The van der Waals surface area contributed by atoms with Crippen molar-refractivity contribution < 1.29 is 24.2 Å². The number of carbonyl (C=O) groups is 3. The molecule has 1 aliphatic rings. The summed E-state index contributed by atoms with van der Waals surface area (Å²) in [4.78, 5) is 47.6. The van der Waals surface area contributed by atoms with E-state index in [2.05, 4.69) is 15.2 Å². The first kappa shape index (κ1) is 32.9. The summed E-state index contributed by atoms with van der Waals surface area (Å²) in [6.45, 7) is 11.4.